The maximum Gasteiger partial charge on any atom is 0.416 e. The zero-order valence-corrected chi connectivity index (χ0v) is 28.4. The molecule has 1 amide bonds. The number of nitrogens with one attached hydrogen (secondary N) is 1. The third kappa shape index (κ3) is 8.37. The first-order valence-electron chi connectivity index (χ1n) is 16.4. The molecule has 1 atom stereocenters. The molecule has 2 fully saturated rings. The lowest BCUT2D eigenvalue weighted by Gasteiger charge is -2.40. The number of pyridine rings is 1. The first-order valence-corrected chi connectivity index (χ1v) is 18.3. The fourth-order valence-corrected chi connectivity index (χ4v) is 7.44. The predicted octanol–water partition coefficient (Wildman–Crippen LogP) is 6.65. The van der Waals surface area contributed by atoms with E-state index < -0.39 is 39.7 Å². The van der Waals surface area contributed by atoms with Crippen LogP contribution in [0.25, 0.3) is 22.2 Å². The lowest BCUT2D eigenvalue weighted by atomic mass is 9.93. The van der Waals surface area contributed by atoms with Gasteiger partial charge in [-0.3, -0.25) is 14.6 Å². The molecule has 15 heteroatoms. The highest BCUT2D eigenvalue weighted by Crippen LogP contribution is 2.38. The SMILES string of the molecule is CS(=O)(=O)c1ccc2nc(-c3ccc(C(F)(F)F)cc3)c(CN3CCC(N4CCOCC4)CC3)c(C(=O)N[C@H](c3ccccc3)C(F)(F)F)c2c1. The number of aromatic nitrogens is 1. The Morgan fingerprint density at radius 1 is 0.922 bits per heavy atom. The minimum Gasteiger partial charge on any atom is -0.379 e. The number of benzene rings is 3. The fraction of sp³-hybridized carbons (Fsp3) is 0.389. The molecule has 0 aliphatic carbocycles. The van der Waals surface area contributed by atoms with Gasteiger partial charge in [-0.1, -0.05) is 42.5 Å². The monoisotopic (exact) mass is 734 g/mol. The van der Waals surface area contributed by atoms with E-state index in [-0.39, 0.29) is 56.3 Å². The highest BCUT2D eigenvalue weighted by atomic mass is 32.2. The summed E-state index contributed by atoms with van der Waals surface area (Å²) >= 11 is 0. The van der Waals surface area contributed by atoms with Crippen molar-refractivity contribution in [2.75, 3.05) is 45.6 Å². The number of sulfone groups is 1. The van der Waals surface area contributed by atoms with E-state index in [1.165, 1.54) is 54.6 Å². The highest BCUT2D eigenvalue weighted by Gasteiger charge is 2.43. The van der Waals surface area contributed by atoms with Crippen LogP contribution in [0, 0.1) is 0 Å². The zero-order valence-electron chi connectivity index (χ0n) is 27.6. The number of amides is 1. The standard InChI is InChI=1S/C36H36F6N4O4S/c1-51(48,49)27-11-12-30-28(21-27)31(34(47)44-33(36(40,41)42)24-5-3-2-4-6-24)29(32(43-30)23-7-9-25(10-8-23)35(37,38)39)22-45-15-13-26(14-16-45)46-17-19-50-20-18-46/h2-12,21,26,33H,13-20,22H2,1H3,(H,44,47)/t33-/m1/s1. The average molecular weight is 735 g/mol. The largest absolute Gasteiger partial charge is 0.416 e. The number of halogens is 6. The number of piperidine rings is 1. The van der Waals surface area contributed by atoms with Crippen LogP contribution in [0.5, 0.6) is 0 Å². The van der Waals surface area contributed by atoms with Crippen LogP contribution >= 0.6 is 0 Å². The smallest absolute Gasteiger partial charge is 0.379 e. The van der Waals surface area contributed by atoms with Crippen molar-refractivity contribution >= 4 is 26.6 Å². The summed E-state index contributed by atoms with van der Waals surface area (Å²) in [5.41, 5.74) is -0.800. The minimum absolute atomic E-state index is 0.00160. The summed E-state index contributed by atoms with van der Waals surface area (Å²) in [6, 6.07) is 12.7. The van der Waals surface area contributed by atoms with E-state index in [1.54, 1.807) is 6.07 Å². The number of ether oxygens (including phenoxy) is 1. The molecule has 2 aliphatic rings. The molecular weight excluding hydrogens is 698 g/mol. The van der Waals surface area contributed by atoms with Crippen molar-refractivity contribution in [1.82, 2.24) is 20.1 Å². The number of likely N-dealkylation sites (tertiary alicyclic amines) is 1. The molecule has 51 heavy (non-hydrogen) atoms. The van der Waals surface area contributed by atoms with Crippen LogP contribution in [0.1, 0.15) is 45.9 Å². The van der Waals surface area contributed by atoms with Crippen LogP contribution in [0.3, 0.4) is 0 Å². The quantitative estimate of drug-likeness (QED) is 0.203. The van der Waals surface area contributed by atoms with E-state index in [0.29, 0.717) is 26.3 Å². The molecule has 2 saturated heterocycles. The Bertz CT molecular complexity index is 1980. The average Bonchev–Trinajstić information content (AvgIpc) is 3.10. The molecule has 1 N–H and O–H groups in total. The second-order valence-corrected chi connectivity index (χ2v) is 14.9. The summed E-state index contributed by atoms with van der Waals surface area (Å²) in [4.78, 5) is 23.3. The van der Waals surface area contributed by atoms with Crippen molar-refractivity contribution in [2.24, 2.45) is 0 Å². The summed E-state index contributed by atoms with van der Waals surface area (Å²) in [6.45, 7) is 4.00. The molecule has 272 valence electrons. The first kappa shape index (κ1) is 36.7. The molecule has 6 rings (SSSR count). The van der Waals surface area contributed by atoms with E-state index in [2.05, 4.69) is 10.2 Å². The van der Waals surface area contributed by atoms with E-state index >= 15 is 0 Å². The van der Waals surface area contributed by atoms with Gasteiger partial charge in [0.1, 0.15) is 0 Å². The number of alkyl halides is 6. The lowest BCUT2D eigenvalue weighted by Crippen LogP contribution is -2.48. The third-order valence-electron chi connectivity index (χ3n) is 9.43. The molecule has 0 saturated carbocycles. The van der Waals surface area contributed by atoms with Gasteiger partial charge < -0.3 is 10.1 Å². The molecule has 0 bridgehead atoms. The third-order valence-corrected chi connectivity index (χ3v) is 10.5. The topological polar surface area (TPSA) is 91.8 Å². The maximum atomic E-state index is 14.5. The van der Waals surface area contributed by atoms with E-state index in [0.717, 1.165) is 44.3 Å². The van der Waals surface area contributed by atoms with Crippen molar-refractivity contribution in [3.63, 3.8) is 0 Å². The van der Waals surface area contributed by atoms with Crippen LogP contribution in [0.4, 0.5) is 26.3 Å². The van der Waals surface area contributed by atoms with Gasteiger partial charge in [0, 0.05) is 48.4 Å². The lowest BCUT2D eigenvalue weighted by molar-refractivity contribution is -0.155. The van der Waals surface area contributed by atoms with Gasteiger partial charge in [-0.2, -0.15) is 26.3 Å². The Hall–Kier alpha value is -4.05. The van der Waals surface area contributed by atoms with Gasteiger partial charge in [0.15, 0.2) is 15.9 Å². The van der Waals surface area contributed by atoms with Crippen molar-refractivity contribution in [3.05, 3.63) is 95.1 Å². The van der Waals surface area contributed by atoms with Crippen LogP contribution in [-0.2, 0) is 27.3 Å². The van der Waals surface area contributed by atoms with E-state index in [4.69, 9.17) is 9.72 Å². The van der Waals surface area contributed by atoms with Gasteiger partial charge in [-0.15, -0.1) is 0 Å². The molecule has 2 aliphatic heterocycles. The highest BCUT2D eigenvalue weighted by molar-refractivity contribution is 7.90. The number of hydrogen-bond acceptors (Lipinski definition) is 7. The van der Waals surface area contributed by atoms with Crippen LogP contribution in [-0.4, -0.2) is 87.0 Å². The number of carbonyl (C=O) groups is 1. The number of hydrogen-bond donors (Lipinski definition) is 1. The molecule has 0 spiro atoms. The molecular formula is C36H36F6N4O4S. The Kier molecular flexibility index (Phi) is 10.5. The Labute approximate surface area is 291 Å². The van der Waals surface area contributed by atoms with Gasteiger partial charge in [-0.05, 0) is 61.8 Å². The Morgan fingerprint density at radius 2 is 1.57 bits per heavy atom. The van der Waals surface area contributed by atoms with Crippen LogP contribution < -0.4 is 5.32 Å². The summed E-state index contributed by atoms with van der Waals surface area (Å²) in [6.07, 6.45) is -7.04. The summed E-state index contributed by atoms with van der Waals surface area (Å²) < 4.78 is 115. The summed E-state index contributed by atoms with van der Waals surface area (Å²) in [5.74, 6) is -1.13. The van der Waals surface area contributed by atoms with E-state index in [1.807, 2.05) is 4.90 Å². The molecule has 0 radical (unpaired) electrons. The fourth-order valence-electron chi connectivity index (χ4n) is 6.79. The van der Waals surface area contributed by atoms with Crippen LogP contribution in [0.15, 0.2) is 77.7 Å². The van der Waals surface area contributed by atoms with E-state index in [9.17, 15) is 39.6 Å². The van der Waals surface area contributed by atoms with Crippen molar-refractivity contribution in [1.29, 1.82) is 0 Å². The normalized spacial score (nSPS) is 17.8. The maximum absolute atomic E-state index is 14.5. The molecule has 1 aromatic heterocycles. The number of morpholine rings is 1. The zero-order chi connectivity index (χ0) is 36.6. The minimum atomic E-state index is -4.91. The summed E-state index contributed by atoms with van der Waals surface area (Å²) in [5, 5.41) is 2.15. The van der Waals surface area contributed by atoms with Gasteiger partial charge in [0.05, 0.1) is 40.4 Å². The number of fused-ring (bicyclic) bond motifs is 1. The van der Waals surface area contributed by atoms with Gasteiger partial charge in [0.25, 0.3) is 5.91 Å². The number of carbonyl (C=O) groups excluding carboxylic acids is 1. The molecule has 3 heterocycles. The Balaban J connectivity index is 1.50. The molecule has 8 nitrogen and oxygen atoms in total. The van der Waals surface area contributed by atoms with Crippen molar-refractivity contribution in [3.8, 4) is 11.3 Å². The first-order chi connectivity index (χ1) is 24.1. The van der Waals surface area contributed by atoms with Gasteiger partial charge in [0.2, 0.25) is 0 Å². The molecule has 3 aromatic carbocycles. The second-order valence-electron chi connectivity index (χ2n) is 12.9. The molecule has 4 aromatic rings. The van der Waals surface area contributed by atoms with Crippen molar-refractivity contribution < 1.29 is 44.3 Å². The van der Waals surface area contributed by atoms with Gasteiger partial charge in [-0.25, -0.2) is 13.4 Å². The second kappa shape index (κ2) is 14.5. The Morgan fingerprint density at radius 3 is 2.16 bits per heavy atom. The predicted molar refractivity (Wildman–Crippen MR) is 179 cm³/mol. The number of nitrogens with zero attached hydrogens (tertiary/aromatic N) is 3. The van der Waals surface area contributed by atoms with Gasteiger partial charge >= 0.3 is 12.4 Å². The summed E-state index contributed by atoms with van der Waals surface area (Å²) in [7, 11) is -3.83. The van der Waals surface area contributed by atoms with Crippen LogP contribution in [0.2, 0.25) is 0 Å². The number of rotatable bonds is 8. The molecule has 0 unspecified atom stereocenters. The van der Waals surface area contributed by atoms with Crippen molar-refractivity contribution in [2.45, 2.75) is 48.7 Å².